The van der Waals surface area contributed by atoms with Crippen LogP contribution in [0.5, 0.6) is 11.5 Å². The van der Waals surface area contributed by atoms with Crippen LogP contribution in [0, 0.1) is 0 Å². The third kappa shape index (κ3) is 1.81. The quantitative estimate of drug-likeness (QED) is 0.533. The van der Waals surface area contributed by atoms with Crippen molar-refractivity contribution < 1.29 is 10.2 Å². The lowest BCUT2D eigenvalue weighted by Gasteiger charge is -2.23. The lowest BCUT2D eigenvalue weighted by molar-refractivity contribution is -0.270. The minimum Gasteiger partial charge on any atom is -0.872 e. The molecule has 0 aliphatic heterocycles. The first-order chi connectivity index (χ1) is 10.8. The maximum absolute atomic E-state index is 12.5. The predicted octanol–water partition coefficient (Wildman–Crippen LogP) is 3.81. The third-order valence-corrected chi connectivity index (χ3v) is 4.03. The molecular weight excluding hydrogens is 272 g/mol. The van der Waals surface area contributed by atoms with Crippen molar-refractivity contribution in [2.45, 2.75) is 0 Å². The summed E-state index contributed by atoms with van der Waals surface area (Å²) in [4.78, 5) is 0. The van der Waals surface area contributed by atoms with Gasteiger partial charge >= 0.3 is 0 Å². The largest absolute Gasteiger partial charge is 0.872 e. The molecule has 0 atom stereocenters. The highest BCUT2D eigenvalue weighted by molar-refractivity contribution is 6.09. The Labute approximate surface area is 127 Å². The van der Waals surface area contributed by atoms with Gasteiger partial charge in [0.25, 0.3) is 0 Å². The van der Waals surface area contributed by atoms with Crippen molar-refractivity contribution in [3.63, 3.8) is 0 Å². The van der Waals surface area contributed by atoms with Gasteiger partial charge in [0.15, 0.2) is 0 Å². The van der Waals surface area contributed by atoms with Crippen LogP contribution >= 0.6 is 0 Å². The topological polar surface area (TPSA) is 46.1 Å². The van der Waals surface area contributed by atoms with Crippen molar-refractivity contribution in [1.29, 1.82) is 0 Å². The Balaban J connectivity index is 2.21. The average Bonchev–Trinajstić information content (AvgIpc) is 2.56. The number of fused-ring (bicyclic) bond motifs is 2. The lowest BCUT2D eigenvalue weighted by atomic mass is 9.92. The molecule has 2 heteroatoms. The van der Waals surface area contributed by atoms with Crippen LogP contribution in [0.3, 0.4) is 0 Å². The Morgan fingerprint density at radius 1 is 0.455 bits per heavy atom. The summed E-state index contributed by atoms with van der Waals surface area (Å²) in [6, 6.07) is 22.0. The fraction of sp³-hybridized carbons (Fsp3) is 0. The predicted molar refractivity (Wildman–Crippen MR) is 85.8 cm³/mol. The van der Waals surface area contributed by atoms with E-state index in [-0.39, 0.29) is 11.5 Å². The Morgan fingerprint density at radius 3 is 1.32 bits per heavy atom. The van der Waals surface area contributed by atoms with Gasteiger partial charge in [-0.3, -0.25) is 0 Å². The highest BCUT2D eigenvalue weighted by Gasteiger charge is 2.09. The fourth-order valence-electron chi connectivity index (χ4n) is 3.02. The Bertz CT molecular complexity index is 920. The molecule has 0 radical (unpaired) electrons. The minimum atomic E-state index is -0.118. The van der Waals surface area contributed by atoms with E-state index in [0.717, 1.165) is 21.5 Å². The maximum atomic E-state index is 12.5. The molecule has 0 unspecified atom stereocenters. The van der Waals surface area contributed by atoms with Crippen molar-refractivity contribution in [2.75, 3.05) is 0 Å². The van der Waals surface area contributed by atoms with Gasteiger partial charge in [0.05, 0.1) is 0 Å². The van der Waals surface area contributed by atoms with E-state index in [0.29, 0.717) is 11.1 Å². The van der Waals surface area contributed by atoms with Crippen molar-refractivity contribution >= 4 is 21.5 Å². The minimum absolute atomic E-state index is 0.118. The molecular formula is C20H12O2-2. The van der Waals surface area contributed by atoms with Gasteiger partial charge < -0.3 is 10.2 Å². The average molecular weight is 284 g/mol. The smallest absolute Gasteiger partial charge is 0.0112 e. The molecule has 2 nitrogen and oxygen atoms in total. The van der Waals surface area contributed by atoms with Gasteiger partial charge in [-0.05, 0) is 32.7 Å². The van der Waals surface area contributed by atoms with Crippen molar-refractivity contribution in [1.82, 2.24) is 0 Å². The second-order valence-corrected chi connectivity index (χ2v) is 5.32. The first-order valence-electron chi connectivity index (χ1n) is 7.13. The molecule has 0 aliphatic carbocycles. The lowest BCUT2D eigenvalue weighted by Crippen LogP contribution is -1.99. The molecule has 0 fully saturated rings. The molecule has 0 aliphatic rings. The summed E-state index contributed by atoms with van der Waals surface area (Å²) in [7, 11) is 0. The van der Waals surface area contributed by atoms with E-state index in [9.17, 15) is 10.2 Å². The van der Waals surface area contributed by atoms with Gasteiger partial charge in [-0.15, -0.1) is 11.5 Å². The summed E-state index contributed by atoms with van der Waals surface area (Å²) >= 11 is 0. The van der Waals surface area contributed by atoms with Crippen LogP contribution in [0.1, 0.15) is 0 Å². The fourth-order valence-corrected chi connectivity index (χ4v) is 3.02. The SMILES string of the molecule is [O-]c1ccc2ccccc2c1-c1c([O-])ccc2ccccc12. The zero-order valence-electron chi connectivity index (χ0n) is 11.7. The molecule has 0 amide bonds. The van der Waals surface area contributed by atoms with Crippen LogP contribution < -0.4 is 10.2 Å². The van der Waals surface area contributed by atoms with Gasteiger partial charge in [0, 0.05) is 0 Å². The monoisotopic (exact) mass is 284 g/mol. The molecule has 4 aromatic carbocycles. The molecule has 4 rings (SSSR count). The van der Waals surface area contributed by atoms with Gasteiger partial charge in [-0.1, -0.05) is 72.8 Å². The molecule has 0 aromatic heterocycles. The van der Waals surface area contributed by atoms with Crippen LogP contribution in [-0.4, -0.2) is 0 Å². The third-order valence-electron chi connectivity index (χ3n) is 4.03. The summed E-state index contributed by atoms with van der Waals surface area (Å²) in [5, 5.41) is 28.6. The zero-order chi connectivity index (χ0) is 15.1. The summed E-state index contributed by atoms with van der Waals surface area (Å²) in [5.41, 5.74) is 1.000. The number of hydrogen-bond donors (Lipinski definition) is 0. The molecule has 0 saturated heterocycles. The summed E-state index contributed by atoms with van der Waals surface area (Å²) in [6.45, 7) is 0. The van der Waals surface area contributed by atoms with Crippen LogP contribution in [-0.2, 0) is 0 Å². The van der Waals surface area contributed by atoms with Crippen LogP contribution in [0.25, 0.3) is 32.7 Å². The van der Waals surface area contributed by atoms with Crippen LogP contribution in [0.4, 0.5) is 0 Å². The summed E-state index contributed by atoms with van der Waals surface area (Å²) in [6.07, 6.45) is 0. The first-order valence-corrected chi connectivity index (χ1v) is 7.13. The normalized spacial score (nSPS) is 11.1. The Kier molecular flexibility index (Phi) is 2.76. The molecule has 0 heterocycles. The molecule has 0 spiro atoms. The van der Waals surface area contributed by atoms with Gasteiger partial charge in [0.1, 0.15) is 0 Å². The van der Waals surface area contributed by atoms with E-state index < -0.39 is 0 Å². The number of rotatable bonds is 1. The van der Waals surface area contributed by atoms with E-state index in [1.165, 1.54) is 0 Å². The molecule has 0 N–H and O–H groups in total. The van der Waals surface area contributed by atoms with Gasteiger partial charge in [-0.2, -0.15) is 0 Å². The standard InChI is InChI=1S/C20H14O2/c21-17-11-9-13-5-1-3-7-15(13)19(17)20-16-8-4-2-6-14(16)10-12-18(20)22/h1-12,21-22H/p-2. The molecule has 22 heavy (non-hydrogen) atoms. The second-order valence-electron chi connectivity index (χ2n) is 5.32. The van der Waals surface area contributed by atoms with Crippen molar-refractivity contribution in [2.24, 2.45) is 0 Å². The summed E-state index contributed by atoms with van der Waals surface area (Å²) < 4.78 is 0. The number of benzene rings is 4. The van der Waals surface area contributed by atoms with E-state index in [1.807, 2.05) is 48.5 Å². The second kappa shape index (κ2) is 4.78. The van der Waals surface area contributed by atoms with Gasteiger partial charge in [-0.25, -0.2) is 0 Å². The van der Waals surface area contributed by atoms with E-state index in [1.54, 1.807) is 24.3 Å². The molecule has 106 valence electrons. The van der Waals surface area contributed by atoms with Crippen molar-refractivity contribution in [3.8, 4) is 22.6 Å². The zero-order valence-corrected chi connectivity index (χ0v) is 11.7. The Hall–Kier alpha value is -3.00. The highest BCUT2D eigenvalue weighted by atomic mass is 16.3. The first kappa shape index (κ1) is 12.7. The van der Waals surface area contributed by atoms with Crippen LogP contribution in [0.15, 0.2) is 72.8 Å². The number of hydrogen-bond acceptors (Lipinski definition) is 2. The maximum Gasteiger partial charge on any atom is -0.0112 e. The molecule has 4 aromatic rings. The van der Waals surface area contributed by atoms with Crippen molar-refractivity contribution in [3.05, 3.63) is 72.8 Å². The van der Waals surface area contributed by atoms with E-state index >= 15 is 0 Å². The van der Waals surface area contributed by atoms with E-state index in [2.05, 4.69) is 0 Å². The summed E-state index contributed by atoms with van der Waals surface area (Å²) in [5.74, 6) is -0.237. The molecule has 0 bridgehead atoms. The molecule has 0 saturated carbocycles. The highest BCUT2D eigenvalue weighted by Crippen LogP contribution is 2.42. The van der Waals surface area contributed by atoms with Gasteiger partial charge in [0.2, 0.25) is 0 Å². The Morgan fingerprint density at radius 2 is 0.864 bits per heavy atom. The van der Waals surface area contributed by atoms with Crippen LogP contribution in [0.2, 0.25) is 0 Å². The van der Waals surface area contributed by atoms with E-state index in [4.69, 9.17) is 0 Å².